The van der Waals surface area contributed by atoms with Crippen molar-refractivity contribution < 1.29 is 13.2 Å². The Hall–Kier alpha value is -0.990. The van der Waals surface area contributed by atoms with Crippen LogP contribution >= 0.6 is 0 Å². The first-order valence-electron chi connectivity index (χ1n) is 6.44. The highest BCUT2D eigenvalue weighted by atomic mass is 32.2. The van der Waals surface area contributed by atoms with Gasteiger partial charge in [-0.2, -0.15) is 0 Å². The first-order valence-corrected chi connectivity index (χ1v) is 7.99. The molecule has 1 aromatic heterocycles. The van der Waals surface area contributed by atoms with Crippen LogP contribution in [0.5, 0.6) is 0 Å². The van der Waals surface area contributed by atoms with Gasteiger partial charge in [-0.25, -0.2) is 13.6 Å². The van der Waals surface area contributed by atoms with Gasteiger partial charge in [-0.15, -0.1) is 10.2 Å². The number of hydrogen-bond acceptors (Lipinski definition) is 5. The first kappa shape index (κ1) is 14.4. The zero-order valence-electron chi connectivity index (χ0n) is 11.2. The van der Waals surface area contributed by atoms with Gasteiger partial charge < -0.3 is 9.30 Å². The minimum Gasteiger partial charge on any atom is -0.378 e. The van der Waals surface area contributed by atoms with Crippen LogP contribution in [0.4, 0.5) is 0 Å². The first-order chi connectivity index (χ1) is 8.88. The van der Waals surface area contributed by atoms with Crippen LogP contribution in [0.3, 0.4) is 0 Å². The molecule has 0 aromatic carbocycles. The second-order valence-corrected chi connectivity index (χ2v) is 6.74. The zero-order valence-corrected chi connectivity index (χ0v) is 12.1. The second kappa shape index (κ2) is 5.56. The molecule has 0 amide bonds. The number of rotatable bonds is 5. The molecule has 2 heterocycles. The fourth-order valence-corrected chi connectivity index (χ4v) is 2.88. The molecular weight excluding hydrogens is 268 g/mol. The normalized spacial score (nSPS) is 20.3. The molecule has 1 aliphatic heterocycles. The number of hydrogen-bond donors (Lipinski definition) is 1. The molecule has 0 spiro atoms. The zero-order chi connectivity index (χ0) is 14.0. The molecule has 0 aliphatic carbocycles. The summed E-state index contributed by atoms with van der Waals surface area (Å²) < 4.78 is 30.2. The summed E-state index contributed by atoms with van der Waals surface area (Å²) in [5.41, 5.74) is 0. The van der Waals surface area contributed by atoms with E-state index in [-0.39, 0.29) is 17.2 Å². The smallest absolute Gasteiger partial charge is 0.273 e. The van der Waals surface area contributed by atoms with Crippen LogP contribution in [-0.4, -0.2) is 35.9 Å². The molecule has 0 bridgehead atoms. The second-order valence-electron chi connectivity index (χ2n) is 5.29. The molecule has 1 fully saturated rings. The van der Waals surface area contributed by atoms with Gasteiger partial charge in [0.15, 0.2) is 0 Å². The van der Waals surface area contributed by atoms with Gasteiger partial charge in [-0.1, -0.05) is 13.8 Å². The van der Waals surface area contributed by atoms with Crippen molar-refractivity contribution in [1.29, 1.82) is 0 Å². The predicted octanol–water partition coefficient (Wildman–Crippen LogP) is 0.303. The molecule has 0 saturated carbocycles. The van der Waals surface area contributed by atoms with Crippen molar-refractivity contribution in [2.45, 2.75) is 50.9 Å². The van der Waals surface area contributed by atoms with E-state index in [1.165, 1.54) is 0 Å². The fraction of sp³-hybridized carbons (Fsp3) is 0.818. The maximum Gasteiger partial charge on any atom is 0.273 e. The van der Waals surface area contributed by atoms with Gasteiger partial charge in [0.1, 0.15) is 5.82 Å². The van der Waals surface area contributed by atoms with Crippen LogP contribution in [-0.2, 0) is 27.7 Å². The van der Waals surface area contributed by atoms with Crippen LogP contribution in [0.2, 0.25) is 0 Å². The Balaban J connectivity index is 2.29. The van der Waals surface area contributed by atoms with Gasteiger partial charge >= 0.3 is 0 Å². The minimum absolute atomic E-state index is 0.100. The van der Waals surface area contributed by atoms with Gasteiger partial charge in [0, 0.05) is 19.6 Å². The van der Waals surface area contributed by atoms with Crippen molar-refractivity contribution in [3.8, 4) is 0 Å². The van der Waals surface area contributed by atoms with Gasteiger partial charge in [0.2, 0.25) is 0 Å². The lowest BCUT2D eigenvalue weighted by Gasteiger charge is -2.13. The Morgan fingerprint density at radius 2 is 2.21 bits per heavy atom. The lowest BCUT2D eigenvalue weighted by Crippen LogP contribution is -2.22. The van der Waals surface area contributed by atoms with Crippen LogP contribution < -0.4 is 5.14 Å². The predicted molar refractivity (Wildman–Crippen MR) is 68.9 cm³/mol. The summed E-state index contributed by atoms with van der Waals surface area (Å²) in [5.74, 6) is 0.907. The summed E-state index contributed by atoms with van der Waals surface area (Å²) in [6, 6.07) is 0. The Labute approximate surface area is 113 Å². The summed E-state index contributed by atoms with van der Waals surface area (Å²) in [5, 5.41) is 12.7. The molecule has 1 aromatic rings. The van der Waals surface area contributed by atoms with Crippen LogP contribution in [0, 0.1) is 5.92 Å². The van der Waals surface area contributed by atoms with E-state index in [2.05, 4.69) is 10.2 Å². The topological polar surface area (TPSA) is 100 Å². The van der Waals surface area contributed by atoms with Crippen LogP contribution in [0.25, 0.3) is 0 Å². The molecule has 1 atom stereocenters. The third-order valence-corrected chi connectivity index (χ3v) is 3.84. The molecule has 1 saturated heterocycles. The number of ether oxygens (including phenoxy) is 1. The van der Waals surface area contributed by atoms with E-state index >= 15 is 0 Å². The fourth-order valence-electron chi connectivity index (χ4n) is 2.24. The monoisotopic (exact) mass is 288 g/mol. The standard InChI is InChI=1S/C11H20N4O3S/c1-8(2)7-15-10(6-9-4-3-5-18-9)13-14-11(15)19(12,16)17/h8-9H,3-7H2,1-2H3,(H2,12,16,17). The summed E-state index contributed by atoms with van der Waals surface area (Å²) in [6.45, 7) is 5.29. The van der Waals surface area contributed by atoms with E-state index in [0.29, 0.717) is 18.8 Å². The molecule has 108 valence electrons. The highest BCUT2D eigenvalue weighted by Gasteiger charge is 2.25. The molecule has 19 heavy (non-hydrogen) atoms. The molecule has 1 unspecified atom stereocenters. The number of aromatic nitrogens is 3. The Morgan fingerprint density at radius 3 is 2.74 bits per heavy atom. The molecule has 2 rings (SSSR count). The minimum atomic E-state index is -3.84. The maximum absolute atomic E-state index is 11.5. The SMILES string of the molecule is CC(C)Cn1c(CC2CCCO2)nnc1S(N)(=O)=O. The highest BCUT2D eigenvalue weighted by Crippen LogP contribution is 2.18. The summed E-state index contributed by atoms with van der Waals surface area (Å²) in [4.78, 5) is 0. The Bertz CT molecular complexity index is 532. The lowest BCUT2D eigenvalue weighted by molar-refractivity contribution is 0.108. The lowest BCUT2D eigenvalue weighted by atomic mass is 10.1. The third kappa shape index (κ3) is 3.52. The van der Waals surface area contributed by atoms with Gasteiger partial charge in [0.05, 0.1) is 6.10 Å². The largest absolute Gasteiger partial charge is 0.378 e. The van der Waals surface area contributed by atoms with Crippen molar-refractivity contribution in [1.82, 2.24) is 14.8 Å². The Kier molecular flexibility index (Phi) is 4.22. The summed E-state index contributed by atoms with van der Waals surface area (Å²) in [6.07, 6.45) is 2.68. The van der Waals surface area contributed by atoms with Gasteiger partial charge in [-0.3, -0.25) is 0 Å². The van der Waals surface area contributed by atoms with Crippen molar-refractivity contribution in [2.24, 2.45) is 11.1 Å². The van der Waals surface area contributed by atoms with Crippen LogP contribution in [0.15, 0.2) is 5.16 Å². The van der Waals surface area contributed by atoms with E-state index in [1.807, 2.05) is 13.8 Å². The van der Waals surface area contributed by atoms with E-state index < -0.39 is 10.0 Å². The number of primary sulfonamides is 1. The molecule has 8 heteroatoms. The number of nitrogens with two attached hydrogens (primary N) is 1. The molecular formula is C11H20N4O3S. The summed E-state index contributed by atoms with van der Waals surface area (Å²) in [7, 11) is -3.84. The number of nitrogens with zero attached hydrogens (tertiary/aromatic N) is 3. The summed E-state index contributed by atoms with van der Waals surface area (Å²) >= 11 is 0. The van der Waals surface area contributed by atoms with E-state index in [9.17, 15) is 8.42 Å². The van der Waals surface area contributed by atoms with Gasteiger partial charge in [-0.05, 0) is 18.8 Å². The van der Waals surface area contributed by atoms with Crippen molar-refractivity contribution in [2.75, 3.05) is 6.61 Å². The molecule has 7 nitrogen and oxygen atoms in total. The molecule has 2 N–H and O–H groups in total. The maximum atomic E-state index is 11.5. The average Bonchev–Trinajstić information content (AvgIpc) is 2.88. The van der Waals surface area contributed by atoms with Gasteiger partial charge in [0.25, 0.3) is 15.2 Å². The Morgan fingerprint density at radius 1 is 1.47 bits per heavy atom. The van der Waals surface area contributed by atoms with E-state index in [1.54, 1.807) is 4.57 Å². The molecule has 1 aliphatic rings. The van der Waals surface area contributed by atoms with Crippen molar-refractivity contribution >= 4 is 10.0 Å². The van der Waals surface area contributed by atoms with Crippen molar-refractivity contribution in [3.05, 3.63) is 5.82 Å². The van der Waals surface area contributed by atoms with E-state index in [4.69, 9.17) is 9.88 Å². The van der Waals surface area contributed by atoms with Crippen molar-refractivity contribution in [3.63, 3.8) is 0 Å². The average molecular weight is 288 g/mol. The third-order valence-electron chi connectivity index (χ3n) is 3.03. The molecule has 0 radical (unpaired) electrons. The number of sulfonamides is 1. The van der Waals surface area contributed by atoms with Crippen LogP contribution in [0.1, 0.15) is 32.5 Å². The highest BCUT2D eigenvalue weighted by molar-refractivity contribution is 7.89. The van der Waals surface area contributed by atoms with E-state index in [0.717, 1.165) is 19.4 Å². The quantitative estimate of drug-likeness (QED) is 0.840.